The second kappa shape index (κ2) is 12.5. The lowest BCUT2D eigenvalue weighted by Gasteiger charge is -2.40. The van der Waals surface area contributed by atoms with Crippen molar-refractivity contribution in [2.45, 2.75) is 57.9 Å². The molecule has 5 heterocycles. The molecule has 2 aromatic rings. The van der Waals surface area contributed by atoms with Crippen LogP contribution >= 0.6 is 0 Å². The van der Waals surface area contributed by atoms with Crippen LogP contribution in [-0.4, -0.2) is 108 Å². The number of rotatable bonds is 6. The SMILES string of the molecule is Cc1nn(C2CCC(=O)NC2=O)c(=O)c2ccc(N3CCC(CN4CCN(C(=O)CN5CCCCC5)CC4)CC3)cc12. The first kappa shape index (κ1) is 28.8. The minimum absolute atomic E-state index is 0.200. The van der Waals surface area contributed by atoms with Crippen LogP contribution in [0.3, 0.4) is 0 Å². The van der Waals surface area contributed by atoms with Gasteiger partial charge in [0.25, 0.3) is 11.5 Å². The summed E-state index contributed by atoms with van der Waals surface area (Å²) in [7, 11) is 0. The summed E-state index contributed by atoms with van der Waals surface area (Å²) in [5.41, 5.74) is 1.48. The summed E-state index contributed by atoms with van der Waals surface area (Å²) in [4.78, 5) is 59.3. The van der Waals surface area contributed by atoms with Crippen LogP contribution in [0.4, 0.5) is 5.69 Å². The third-order valence-electron chi connectivity index (χ3n) is 9.62. The number of carbonyl (C=O) groups is 3. The molecule has 1 unspecified atom stereocenters. The number of piperidine rings is 3. The number of amides is 3. The number of imide groups is 1. The van der Waals surface area contributed by atoms with Crippen molar-refractivity contribution >= 4 is 34.2 Å². The number of piperazine rings is 1. The van der Waals surface area contributed by atoms with Crippen LogP contribution in [0.15, 0.2) is 23.0 Å². The van der Waals surface area contributed by atoms with E-state index in [4.69, 9.17) is 0 Å². The van der Waals surface area contributed by atoms with E-state index in [1.165, 1.54) is 23.9 Å². The summed E-state index contributed by atoms with van der Waals surface area (Å²) in [6.07, 6.45) is 6.42. The Kier molecular flexibility index (Phi) is 8.57. The Hall–Kier alpha value is -3.31. The molecule has 226 valence electrons. The highest BCUT2D eigenvalue weighted by Gasteiger charge is 2.31. The zero-order valence-electron chi connectivity index (χ0n) is 24.7. The highest BCUT2D eigenvalue weighted by Crippen LogP contribution is 2.28. The topological polar surface area (TPSA) is 111 Å². The molecule has 0 saturated carbocycles. The number of hydrogen-bond acceptors (Lipinski definition) is 8. The molecule has 1 N–H and O–H groups in total. The lowest BCUT2D eigenvalue weighted by Crippen LogP contribution is -2.52. The molecule has 11 nitrogen and oxygen atoms in total. The number of nitrogens with one attached hydrogen (secondary N) is 1. The number of benzene rings is 1. The van der Waals surface area contributed by atoms with Gasteiger partial charge in [-0.1, -0.05) is 6.42 Å². The van der Waals surface area contributed by atoms with Crippen molar-refractivity contribution in [3.05, 3.63) is 34.2 Å². The minimum atomic E-state index is -0.764. The Balaban J connectivity index is 1.01. The van der Waals surface area contributed by atoms with Gasteiger partial charge in [0.15, 0.2) is 0 Å². The maximum atomic E-state index is 13.3. The van der Waals surface area contributed by atoms with Gasteiger partial charge in [-0.05, 0) is 76.2 Å². The molecule has 0 spiro atoms. The Bertz CT molecular complexity index is 1390. The second-order valence-electron chi connectivity index (χ2n) is 12.5. The molecular formula is C31H43N7O4. The molecule has 4 aliphatic rings. The maximum absolute atomic E-state index is 13.3. The number of carbonyl (C=O) groups excluding carboxylic acids is 3. The molecule has 4 saturated heterocycles. The number of aryl methyl sites for hydroxylation is 1. The summed E-state index contributed by atoms with van der Waals surface area (Å²) < 4.78 is 1.25. The molecule has 11 heteroatoms. The van der Waals surface area contributed by atoms with Gasteiger partial charge in [0.05, 0.1) is 17.6 Å². The highest BCUT2D eigenvalue weighted by atomic mass is 16.2. The molecule has 1 atom stereocenters. The van der Waals surface area contributed by atoms with Crippen molar-refractivity contribution in [3.63, 3.8) is 0 Å². The fourth-order valence-electron chi connectivity index (χ4n) is 7.05. The predicted molar refractivity (Wildman–Crippen MR) is 160 cm³/mol. The van der Waals surface area contributed by atoms with Crippen molar-refractivity contribution in [2.24, 2.45) is 5.92 Å². The molecule has 0 aliphatic carbocycles. The van der Waals surface area contributed by atoms with E-state index in [1.807, 2.05) is 25.1 Å². The van der Waals surface area contributed by atoms with Crippen LogP contribution in [0.5, 0.6) is 0 Å². The Morgan fingerprint density at radius 3 is 2.33 bits per heavy atom. The van der Waals surface area contributed by atoms with Gasteiger partial charge in [-0.2, -0.15) is 5.10 Å². The number of anilines is 1. The maximum Gasteiger partial charge on any atom is 0.275 e. The lowest BCUT2D eigenvalue weighted by atomic mass is 9.95. The lowest BCUT2D eigenvalue weighted by molar-refractivity contribution is -0.136. The number of fused-ring (bicyclic) bond motifs is 1. The first-order chi connectivity index (χ1) is 20.4. The standard InChI is InChI=1S/C31H43N7O4/c1-22-26-19-24(5-6-25(26)31(42)38(33-22)27-7-8-28(39)32-30(27)41)36-13-9-23(10-14-36)20-35-15-17-37(18-16-35)29(40)21-34-11-3-2-4-12-34/h5-6,19,23,27H,2-4,7-18,20-21H2,1H3,(H,32,39,41). The van der Waals surface area contributed by atoms with E-state index < -0.39 is 11.9 Å². The number of nitrogens with zero attached hydrogens (tertiary/aromatic N) is 6. The Morgan fingerprint density at radius 2 is 1.62 bits per heavy atom. The first-order valence-corrected chi connectivity index (χ1v) is 15.7. The molecule has 0 radical (unpaired) electrons. The second-order valence-corrected chi connectivity index (χ2v) is 12.5. The highest BCUT2D eigenvalue weighted by molar-refractivity contribution is 5.99. The smallest absolute Gasteiger partial charge is 0.275 e. The van der Waals surface area contributed by atoms with E-state index in [2.05, 4.69) is 30.0 Å². The van der Waals surface area contributed by atoms with Gasteiger partial charge < -0.3 is 9.80 Å². The fraction of sp³-hybridized carbons (Fsp3) is 0.645. The molecule has 4 fully saturated rings. The normalized spacial score (nSPS) is 23.4. The zero-order valence-corrected chi connectivity index (χ0v) is 24.7. The summed E-state index contributed by atoms with van der Waals surface area (Å²) in [6.45, 7) is 11.2. The minimum Gasteiger partial charge on any atom is -0.371 e. The summed E-state index contributed by atoms with van der Waals surface area (Å²) in [6, 6.07) is 5.13. The van der Waals surface area contributed by atoms with Gasteiger partial charge in [-0.3, -0.25) is 34.3 Å². The van der Waals surface area contributed by atoms with Gasteiger partial charge in [0.1, 0.15) is 6.04 Å². The molecule has 0 bridgehead atoms. The van der Waals surface area contributed by atoms with E-state index in [0.717, 1.165) is 82.8 Å². The third kappa shape index (κ3) is 6.22. The van der Waals surface area contributed by atoms with Crippen molar-refractivity contribution in [1.82, 2.24) is 29.8 Å². The van der Waals surface area contributed by atoms with E-state index >= 15 is 0 Å². The first-order valence-electron chi connectivity index (χ1n) is 15.7. The predicted octanol–water partition coefficient (Wildman–Crippen LogP) is 1.53. The van der Waals surface area contributed by atoms with E-state index in [-0.39, 0.29) is 24.3 Å². The number of aromatic nitrogens is 2. The van der Waals surface area contributed by atoms with Gasteiger partial charge in [0.2, 0.25) is 11.8 Å². The molecule has 1 aromatic carbocycles. The van der Waals surface area contributed by atoms with E-state index in [9.17, 15) is 19.2 Å². The average Bonchev–Trinajstić information content (AvgIpc) is 3.00. The van der Waals surface area contributed by atoms with Gasteiger partial charge in [0, 0.05) is 63.3 Å². The van der Waals surface area contributed by atoms with E-state index in [0.29, 0.717) is 29.4 Å². The molecule has 1 aromatic heterocycles. The van der Waals surface area contributed by atoms with Crippen LogP contribution in [0.2, 0.25) is 0 Å². The molecule has 3 amide bonds. The number of likely N-dealkylation sites (tertiary alicyclic amines) is 1. The van der Waals surface area contributed by atoms with Gasteiger partial charge >= 0.3 is 0 Å². The Labute approximate surface area is 246 Å². The van der Waals surface area contributed by atoms with Crippen molar-refractivity contribution in [2.75, 3.05) is 70.3 Å². The van der Waals surface area contributed by atoms with Crippen LogP contribution in [0.25, 0.3) is 10.8 Å². The molecule has 4 aliphatic heterocycles. The van der Waals surface area contributed by atoms with Crippen LogP contribution < -0.4 is 15.8 Å². The zero-order chi connectivity index (χ0) is 29.2. The van der Waals surface area contributed by atoms with Crippen molar-refractivity contribution < 1.29 is 14.4 Å². The van der Waals surface area contributed by atoms with Crippen LogP contribution in [-0.2, 0) is 14.4 Å². The fourth-order valence-corrected chi connectivity index (χ4v) is 7.05. The number of hydrogen-bond donors (Lipinski definition) is 1. The monoisotopic (exact) mass is 577 g/mol. The van der Waals surface area contributed by atoms with Crippen molar-refractivity contribution in [3.8, 4) is 0 Å². The summed E-state index contributed by atoms with van der Waals surface area (Å²) in [5.74, 6) is 0.150. The van der Waals surface area contributed by atoms with Gasteiger partial charge in [-0.15, -0.1) is 0 Å². The Morgan fingerprint density at radius 1 is 0.881 bits per heavy atom. The summed E-state index contributed by atoms with van der Waals surface area (Å²) in [5, 5.41) is 8.15. The van der Waals surface area contributed by atoms with Crippen LogP contribution in [0.1, 0.15) is 56.7 Å². The average molecular weight is 578 g/mol. The molecule has 6 rings (SSSR count). The van der Waals surface area contributed by atoms with Crippen LogP contribution in [0, 0.1) is 12.8 Å². The molecular weight excluding hydrogens is 534 g/mol. The summed E-state index contributed by atoms with van der Waals surface area (Å²) >= 11 is 0. The van der Waals surface area contributed by atoms with Crippen molar-refractivity contribution in [1.29, 1.82) is 0 Å². The van der Waals surface area contributed by atoms with E-state index in [1.54, 1.807) is 0 Å². The van der Waals surface area contributed by atoms with Gasteiger partial charge in [-0.25, -0.2) is 4.68 Å². The largest absolute Gasteiger partial charge is 0.371 e. The third-order valence-corrected chi connectivity index (χ3v) is 9.62. The molecule has 42 heavy (non-hydrogen) atoms. The quantitative estimate of drug-likeness (QED) is 0.515.